The summed E-state index contributed by atoms with van der Waals surface area (Å²) in [5.41, 5.74) is 1.40. The van der Waals surface area contributed by atoms with Crippen LogP contribution in [0, 0.1) is 0 Å². The molecule has 0 amide bonds. The monoisotopic (exact) mass is 178 g/mol. The summed E-state index contributed by atoms with van der Waals surface area (Å²) in [6, 6.07) is 9.65. The van der Waals surface area contributed by atoms with Crippen LogP contribution in [0.4, 0.5) is 0 Å². The van der Waals surface area contributed by atoms with Crippen molar-refractivity contribution in [2.75, 3.05) is 6.23 Å². The largest absolute Gasteiger partial charge is 0.497 e. The van der Waals surface area contributed by atoms with E-state index in [1.807, 2.05) is 6.07 Å². The zero-order valence-electron chi connectivity index (χ0n) is 7.63. The molecule has 0 unspecified atom stereocenters. The van der Waals surface area contributed by atoms with Crippen LogP contribution in [-0.4, -0.2) is 14.3 Å². The lowest BCUT2D eigenvalue weighted by Crippen LogP contribution is -2.40. The number of hydrogen-bond donors (Lipinski definition) is 0. The molecule has 0 aliphatic carbocycles. The Morgan fingerprint density at radius 1 is 1.25 bits per heavy atom. The van der Waals surface area contributed by atoms with Crippen molar-refractivity contribution >= 4 is 8.07 Å². The fraction of sp³-hybridized carbons (Fsp3) is 0.400. The van der Waals surface area contributed by atoms with Gasteiger partial charge in [-0.15, -0.1) is 0 Å². The maximum absolute atomic E-state index is 5.70. The van der Waals surface area contributed by atoms with Gasteiger partial charge in [-0.25, -0.2) is 0 Å². The first kappa shape index (κ1) is 7.86. The molecular weight excluding hydrogens is 164 g/mol. The van der Waals surface area contributed by atoms with Gasteiger partial charge in [0.05, 0.1) is 14.3 Å². The molecule has 2 rings (SSSR count). The summed E-state index contributed by atoms with van der Waals surface area (Å²) in [7, 11) is -1.06. The third kappa shape index (κ3) is 1.39. The van der Waals surface area contributed by atoms with E-state index in [9.17, 15) is 0 Å². The molecule has 1 nitrogen and oxygen atoms in total. The highest BCUT2D eigenvalue weighted by Crippen LogP contribution is 2.27. The van der Waals surface area contributed by atoms with Gasteiger partial charge < -0.3 is 4.74 Å². The number of benzene rings is 1. The minimum absolute atomic E-state index is 0.976. The summed E-state index contributed by atoms with van der Waals surface area (Å²) in [6.45, 7) is 4.76. The zero-order valence-corrected chi connectivity index (χ0v) is 8.63. The van der Waals surface area contributed by atoms with Gasteiger partial charge in [-0.1, -0.05) is 31.3 Å². The molecule has 0 fully saturated rings. The molecule has 0 saturated heterocycles. The number of hydrogen-bond acceptors (Lipinski definition) is 1. The molecule has 1 aliphatic heterocycles. The van der Waals surface area contributed by atoms with E-state index >= 15 is 0 Å². The topological polar surface area (TPSA) is 9.23 Å². The molecule has 0 aromatic heterocycles. The van der Waals surface area contributed by atoms with Gasteiger partial charge in [-0.05, 0) is 17.7 Å². The average Bonchev–Trinajstić information content (AvgIpc) is 2.02. The first-order valence-corrected chi connectivity index (χ1v) is 7.80. The summed E-state index contributed by atoms with van der Waals surface area (Å²) in [5, 5.41) is 0. The molecule has 1 aromatic carbocycles. The van der Waals surface area contributed by atoms with Crippen molar-refractivity contribution in [1.82, 2.24) is 0 Å². The van der Waals surface area contributed by atoms with Crippen LogP contribution in [0.25, 0.3) is 0 Å². The molecule has 64 valence electrons. The first-order chi connectivity index (χ1) is 5.67. The Balaban J connectivity index is 2.35. The summed E-state index contributed by atoms with van der Waals surface area (Å²) >= 11 is 0. The van der Waals surface area contributed by atoms with Crippen molar-refractivity contribution in [2.24, 2.45) is 0 Å². The Morgan fingerprint density at radius 3 is 2.83 bits per heavy atom. The maximum Gasteiger partial charge on any atom is 0.121 e. The van der Waals surface area contributed by atoms with Crippen molar-refractivity contribution in [3.63, 3.8) is 0 Å². The quantitative estimate of drug-likeness (QED) is 0.554. The van der Waals surface area contributed by atoms with Gasteiger partial charge in [-0.3, -0.25) is 0 Å². The highest BCUT2D eigenvalue weighted by Gasteiger charge is 2.28. The third-order valence-electron chi connectivity index (χ3n) is 2.26. The van der Waals surface area contributed by atoms with Gasteiger partial charge in [0.15, 0.2) is 0 Å². The van der Waals surface area contributed by atoms with Crippen LogP contribution in [0.3, 0.4) is 0 Å². The lowest BCUT2D eigenvalue weighted by Gasteiger charge is -2.29. The van der Waals surface area contributed by atoms with Crippen LogP contribution in [0.2, 0.25) is 13.1 Å². The first-order valence-electron chi connectivity index (χ1n) is 4.38. The maximum atomic E-state index is 5.70. The molecule has 0 saturated carbocycles. The fourth-order valence-corrected chi connectivity index (χ4v) is 3.60. The Morgan fingerprint density at radius 2 is 2.00 bits per heavy atom. The van der Waals surface area contributed by atoms with E-state index in [1.54, 1.807) is 0 Å². The third-order valence-corrected chi connectivity index (χ3v) is 4.52. The highest BCUT2D eigenvalue weighted by molar-refractivity contribution is 6.77. The molecule has 1 heterocycles. The molecule has 1 aliphatic rings. The number of para-hydroxylation sites is 1. The SMILES string of the molecule is C[Si]1(C)COc2ccccc2C1. The van der Waals surface area contributed by atoms with Crippen LogP contribution in [0.5, 0.6) is 5.75 Å². The number of rotatable bonds is 0. The van der Waals surface area contributed by atoms with Gasteiger partial charge in [0, 0.05) is 0 Å². The number of ether oxygens (including phenoxy) is 1. The Hall–Kier alpha value is -0.763. The van der Waals surface area contributed by atoms with Crippen molar-refractivity contribution in [1.29, 1.82) is 0 Å². The van der Waals surface area contributed by atoms with Gasteiger partial charge in [0.2, 0.25) is 0 Å². The van der Waals surface area contributed by atoms with Crippen LogP contribution in [-0.2, 0) is 6.04 Å². The highest BCUT2D eigenvalue weighted by atomic mass is 28.3. The summed E-state index contributed by atoms with van der Waals surface area (Å²) in [4.78, 5) is 0. The average molecular weight is 178 g/mol. The fourth-order valence-electron chi connectivity index (χ4n) is 1.63. The van der Waals surface area contributed by atoms with E-state index in [-0.39, 0.29) is 0 Å². The van der Waals surface area contributed by atoms with E-state index in [0.29, 0.717) is 0 Å². The predicted octanol–water partition coefficient (Wildman–Crippen LogP) is 2.41. The molecule has 1 aromatic rings. The number of fused-ring (bicyclic) bond motifs is 1. The Labute approximate surface area is 74.4 Å². The van der Waals surface area contributed by atoms with Crippen LogP contribution >= 0.6 is 0 Å². The lowest BCUT2D eigenvalue weighted by molar-refractivity contribution is 0.364. The Bertz CT molecular complexity index is 294. The molecule has 0 N–H and O–H groups in total. The van der Waals surface area contributed by atoms with Crippen LogP contribution < -0.4 is 4.74 Å². The van der Waals surface area contributed by atoms with Crippen molar-refractivity contribution in [3.05, 3.63) is 29.8 Å². The van der Waals surface area contributed by atoms with Crippen molar-refractivity contribution in [3.8, 4) is 5.75 Å². The summed E-state index contributed by atoms with van der Waals surface area (Å²) in [5.74, 6) is 1.10. The molecular formula is C10H14OSi. The normalized spacial score (nSPS) is 19.5. The van der Waals surface area contributed by atoms with Gasteiger partial charge in [-0.2, -0.15) is 0 Å². The minimum atomic E-state index is -1.06. The van der Waals surface area contributed by atoms with E-state index in [2.05, 4.69) is 31.3 Å². The van der Waals surface area contributed by atoms with Crippen LogP contribution in [0.15, 0.2) is 24.3 Å². The zero-order chi connectivity index (χ0) is 8.60. The minimum Gasteiger partial charge on any atom is -0.497 e. The van der Waals surface area contributed by atoms with E-state index in [0.717, 1.165) is 12.0 Å². The lowest BCUT2D eigenvalue weighted by atomic mass is 10.2. The smallest absolute Gasteiger partial charge is 0.121 e. The Kier molecular flexibility index (Phi) is 1.72. The van der Waals surface area contributed by atoms with E-state index in [1.165, 1.54) is 11.6 Å². The second-order valence-corrected chi connectivity index (χ2v) is 9.21. The molecule has 0 radical (unpaired) electrons. The summed E-state index contributed by atoms with van der Waals surface area (Å²) in [6.07, 6.45) is 0.976. The van der Waals surface area contributed by atoms with Crippen molar-refractivity contribution < 1.29 is 4.74 Å². The molecule has 0 spiro atoms. The van der Waals surface area contributed by atoms with Gasteiger partial charge in [0.1, 0.15) is 5.75 Å². The predicted molar refractivity (Wildman–Crippen MR) is 53.1 cm³/mol. The molecule has 0 atom stereocenters. The van der Waals surface area contributed by atoms with E-state index < -0.39 is 8.07 Å². The second kappa shape index (κ2) is 2.63. The molecule has 2 heteroatoms. The molecule has 0 bridgehead atoms. The van der Waals surface area contributed by atoms with Gasteiger partial charge in [0.25, 0.3) is 0 Å². The van der Waals surface area contributed by atoms with E-state index in [4.69, 9.17) is 4.74 Å². The molecule has 12 heavy (non-hydrogen) atoms. The standard InChI is InChI=1S/C10H14OSi/c1-12(2)7-9-5-3-4-6-10(9)11-8-12/h3-6H,7-8H2,1-2H3. The van der Waals surface area contributed by atoms with Gasteiger partial charge >= 0.3 is 0 Å². The summed E-state index contributed by atoms with van der Waals surface area (Å²) < 4.78 is 5.70. The van der Waals surface area contributed by atoms with Crippen LogP contribution in [0.1, 0.15) is 5.56 Å². The van der Waals surface area contributed by atoms with Crippen molar-refractivity contribution in [2.45, 2.75) is 19.1 Å². The second-order valence-electron chi connectivity index (χ2n) is 4.24.